The Labute approximate surface area is 166 Å². The van der Waals surface area contributed by atoms with Crippen LogP contribution >= 0.6 is 0 Å². The van der Waals surface area contributed by atoms with Gasteiger partial charge in [-0.1, -0.05) is 19.3 Å². The average molecular weight is 384 g/mol. The summed E-state index contributed by atoms with van der Waals surface area (Å²) >= 11 is 0. The van der Waals surface area contributed by atoms with Gasteiger partial charge in [-0.05, 0) is 45.4 Å². The topological polar surface area (TPSA) is 55.3 Å². The lowest BCUT2D eigenvalue weighted by atomic mass is 9.98. The minimum atomic E-state index is 0.380. The Kier molecular flexibility index (Phi) is 11.8. The quantitative estimate of drug-likeness (QED) is 0.337. The zero-order chi connectivity index (χ0) is 19.2. The van der Waals surface area contributed by atoms with Gasteiger partial charge < -0.3 is 24.4 Å². The van der Waals surface area contributed by atoms with Crippen molar-refractivity contribution in [3.63, 3.8) is 0 Å². The molecule has 1 heterocycles. The number of hydrogen-bond acceptors (Lipinski definition) is 4. The van der Waals surface area contributed by atoms with E-state index >= 15 is 0 Å². The molecule has 1 N–H and O–H groups in total. The van der Waals surface area contributed by atoms with Crippen LogP contribution in [0.2, 0.25) is 0 Å². The summed E-state index contributed by atoms with van der Waals surface area (Å²) < 4.78 is 17.0. The second-order valence-corrected chi connectivity index (χ2v) is 7.62. The number of aliphatic imine (C=N–C) groups is 1. The predicted molar refractivity (Wildman–Crippen MR) is 110 cm³/mol. The molecule has 0 spiro atoms. The summed E-state index contributed by atoms with van der Waals surface area (Å²) in [5.74, 6) is 1.05. The van der Waals surface area contributed by atoms with Crippen LogP contribution in [-0.2, 0) is 14.2 Å². The van der Waals surface area contributed by atoms with Crippen molar-refractivity contribution in [3.8, 4) is 0 Å². The van der Waals surface area contributed by atoms with E-state index in [4.69, 9.17) is 19.2 Å². The molecule has 1 saturated carbocycles. The molecular formula is C21H41N3O3. The fourth-order valence-electron chi connectivity index (χ4n) is 3.84. The van der Waals surface area contributed by atoms with Gasteiger partial charge in [0.05, 0.1) is 12.2 Å². The third-order valence-electron chi connectivity index (χ3n) is 5.39. The molecule has 2 fully saturated rings. The molecule has 6 nitrogen and oxygen atoms in total. The summed E-state index contributed by atoms with van der Waals surface area (Å²) in [6.07, 6.45) is 11.5. The van der Waals surface area contributed by atoms with Crippen LogP contribution in [0.25, 0.3) is 0 Å². The minimum absolute atomic E-state index is 0.380. The van der Waals surface area contributed by atoms with Crippen molar-refractivity contribution in [2.45, 2.75) is 76.9 Å². The first kappa shape index (κ1) is 22.4. The number of likely N-dealkylation sites (tertiary alicyclic amines) is 1. The van der Waals surface area contributed by atoms with E-state index in [0.717, 1.165) is 77.6 Å². The highest BCUT2D eigenvalue weighted by atomic mass is 16.5. The maximum Gasteiger partial charge on any atom is 0.193 e. The molecule has 0 radical (unpaired) electrons. The van der Waals surface area contributed by atoms with E-state index < -0.39 is 0 Å². The second-order valence-electron chi connectivity index (χ2n) is 7.62. The maximum absolute atomic E-state index is 6.01. The molecule has 27 heavy (non-hydrogen) atoms. The molecule has 1 aliphatic carbocycles. The van der Waals surface area contributed by atoms with Crippen LogP contribution in [0, 0.1) is 0 Å². The van der Waals surface area contributed by atoms with E-state index in [1.807, 2.05) is 0 Å². The van der Waals surface area contributed by atoms with Crippen molar-refractivity contribution in [3.05, 3.63) is 0 Å². The number of guanidine groups is 1. The van der Waals surface area contributed by atoms with Crippen LogP contribution in [0.15, 0.2) is 4.99 Å². The third kappa shape index (κ3) is 9.26. The fourth-order valence-corrected chi connectivity index (χ4v) is 3.84. The molecule has 1 saturated heterocycles. The maximum atomic E-state index is 6.01. The van der Waals surface area contributed by atoms with Crippen molar-refractivity contribution >= 4 is 5.96 Å². The van der Waals surface area contributed by atoms with Gasteiger partial charge in [-0.2, -0.15) is 0 Å². The Balaban J connectivity index is 1.62. The minimum Gasteiger partial charge on any atom is -0.385 e. The van der Waals surface area contributed by atoms with E-state index in [2.05, 4.69) is 17.1 Å². The Morgan fingerprint density at radius 3 is 2.26 bits per heavy atom. The fraction of sp³-hybridized carbons (Fsp3) is 0.952. The van der Waals surface area contributed by atoms with Crippen molar-refractivity contribution in [2.75, 3.05) is 53.1 Å². The van der Waals surface area contributed by atoms with Crippen molar-refractivity contribution in [1.82, 2.24) is 10.2 Å². The molecule has 0 atom stereocenters. The highest BCUT2D eigenvalue weighted by Crippen LogP contribution is 2.20. The number of piperidine rings is 1. The molecule has 0 bridgehead atoms. The van der Waals surface area contributed by atoms with Crippen molar-refractivity contribution in [2.24, 2.45) is 4.99 Å². The van der Waals surface area contributed by atoms with E-state index in [1.54, 1.807) is 7.11 Å². The van der Waals surface area contributed by atoms with Gasteiger partial charge in [0.2, 0.25) is 0 Å². The van der Waals surface area contributed by atoms with Crippen LogP contribution in [0.1, 0.15) is 64.7 Å². The van der Waals surface area contributed by atoms with Gasteiger partial charge >= 0.3 is 0 Å². The van der Waals surface area contributed by atoms with Crippen molar-refractivity contribution < 1.29 is 14.2 Å². The SMILES string of the molecule is CCNC(=NCCCOC1CCCCC1)N1CCC(OCCCOC)CC1. The normalized spacial score (nSPS) is 20.2. The Bertz CT molecular complexity index is 392. The van der Waals surface area contributed by atoms with Gasteiger partial charge in [-0.3, -0.25) is 4.99 Å². The van der Waals surface area contributed by atoms with Gasteiger partial charge in [0.25, 0.3) is 0 Å². The number of methoxy groups -OCH3 is 1. The molecule has 0 amide bonds. The number of ether oxygens (including phenoxy) is 3. The first-order valence-corrected chi connectivity index (χ1v) is 11.1. The van der Waals surface area contributed by atoms with Gasteiger partial charge in [-0.15, -0.1) is 0 Å². The van der Waals surface area contributed by atoms with Crippen LogP contribution in [0.5, 0.6) is 0 Å². The summed E-state index contributed by atoms with van der Waals surface area (Å²) in [6.45, 7) is 8.32. The summed E-state index contributed by atoms with van der Waals surface area (Å²) in [5, 5.41) is 3.45. The second kappa shape index (κ2) is 14.2. The number of nitrogens with one attached hydrogen (secondary N) is 1. The predicted octanol–water partition coefficient (Wildman–Crippen LogP) is 3.21. The Morgan fingerprint density at radius 2 is 1.59 bits per heavy atom. The first-order valence-electron chi connectivity index (χ1n) is 11.1. The van der Waals surface area contributed by atoms with E-state index in [-0.39, 0.29) is 0 Å². The van der Waals surface area contributed by atoms with Gasteiger partial charge in [-0.25, -0.2) is 0 Å². The molecule has 0 aromatic carbocycles. The molecule has 0 aromatic rings. The molecule has 158 valence electrons. The molecule has 0 unspecified atom stereocenters. The summed E-state index contributed by atoms with van der Waals surface area (Å²) in [6, 6.07) is 0. The lowest BCUT2D eigenvalue weighted by molar-refractivity contribution is 0.00988. The average Bonchev–Trinajstić information content (AvgIpc) is 2.71. The van der Waals surface area contributed by atoms with Crippen LogP contribution in [0.4, 0.5) is 0 Å². The Morgan fingerprint density at radius 1 is 0.926 bits per heavy atom. The standard InChI is InChI=1S/C21H41N3O3/c1-3-22-21(23-13-7-17-26-19-9-5-4-6-10-19)24-14-11-20(12-15-24)27-18-8-16-25-2/h19-20H,3-18H2,1-2H3,(H,22,23). The van der Waals surface area contributed by atoms with E-state index in [0.29, 0.717) is 12.2 Å². The van der Waals surface area contributed by atoms with E-state index in [1.165, 1.54) is 32.1 Å². The lowest BCUT2D eigenvalue weighted by Gasteiger charge is -2.34. The lowest BCUT2D eigenvalue weighted by Crippen LogP contribution is -2.47. The van der Waals surface area contributed by atoms with Crippen LogP contribution in [0.3, 0.4) is 0 Å². The largest absolute Gasteiger partial charge is 0.385 e. The summed E-state index contributed by atoms with van der Waals surface area (Å²) in [5.41, 5.74) is 0. The van der Waals surface area contributed by atoms with Crippen LogP contribution < -0.4 is 5.32 Å². The number of rotatable bonds is 11. The molecule has 6 heteroatoms. The smallest absolute Gasteiger partial charge is 0.193 e. The zero-order valence-electron chi connectivity index (χ0n) is 17.6. The summed E-state index contributed by atoms with van der Waals surface area (Å²) in [7, 11) is 1.74. The van der Waals surface area contributed by atoms with Gasteiger partial charge in [0, 0.05) is 53.1 Å². The highest BCUT2D eigenvalue weighted by Gasteiger charge is 2.21. The molecular weight excluding hydrogens is 342 g/mol. The Hall–Kier alpha value is -0.850. The molecule has 2 aliphatic rings. The number of nitrogens with zero attached hydrogens (tertiary/aromatic N) is 2. The van der Waals surface area contributed by atoms with Crippen molar-refractivity contribution in [1.29, 1.82) is 0 Å². The third-order valence-corrected chi connectivity index (χ3v) is 5.39. The van der Waals surface area contributed by atoms with E-state index in [9.17, 15) is 0 Å². The summed E-state index contributed by atoms with van der Waals surface area (Å²) in [4.78, 5) is 7.20. The molecule has 2 rings (SSSR count). The molecule has 0 aromatic heterocycles. The highest BCUT2D eigenvalue weighted by molar-refractivity contribution is 5.80. The monoisotopic (exact) mass is 383 g/mol. The zero-order valence-corrected chi connectivity index (χ0v) is 17.6. The molecule has 1 aliphatic heterocycles. The van der Waals surface area contributed by atoms with Gasteiger partial charge in [0.15, 0.2) is 5.96 Å². The van der Waals surface area contributed by atoms with Crippen LogP contribution in [-0.4, -0.2) is 76.2 Å². The van der Waals surface area contributed by atoms with Gasteiger partial charge in [0.1, 0.15) is 0 Å². The number of hydrogen-bond donors (Lipinski definition) is 1. The first-order chi connectivity index (χ1) is 13.3.